The maximum Gasteiger partial charge on any atom is 0.213 e. The van der Waals surface area contributed by atoms with Gasteiger partial charge in [-0.25, -0.2) is 9.67 Å². The molecule has 0 saturated heterocycles. The van der Waals surface area contributed by atoms with Gasteiger partial charge in [0.2, 0.25) is 5.88 Å². The van der Waals surface area contributed by atoms with Gasteiger partial charge in [0.25, 0.3) is 0 Å². The minimum atomic E-state index is -0.774. The third-order valence-corrected chi connectivity index (χ3v) is 7.07. The molecule has 2 heterocycles. The van der Waals surface area contributed by atoms with Crippen LogP contribution in [0, 0.1) is 0 Å². The van der Waals surface area contributed by atoms with Crippen LogP contribution in [0.5, 0.6) is 5.88 Å². The summed E-state index contributed by atoms with van der Waals surface area (Å²) in [6.07, 6.45) is 1.73. The number of methoxy groups -OCH3 is 1. The van der Waals surface area contributed by atoms with E-state index in [1.807, 2.05) is 42.5 Å². The second-order valence-electron chi connectivity index (χ2n) is 9.22. The van der Waals surface area contributed by atoms with Crippen LogP contribution < -0.4 is 10.1 Å². The highest BCUT2D eigenvalue weighted by atomic mass is 16.5. The average Bonchev–Trinajstić information content (AvgIpc) is 3.38. The molecule has 0 amide bonds. The minimum absolute atomic E-state index is 0.167. The van der Waals surface area contributed by atoms with E-state index in [0.717, 1.165) is 44.5 Å². The van der Waals surface area contributed by atoms with Crippen molar-refractivity contribution in [3.05, 3.63) is 144 Å². The van der Waals surface area contributed by atoms with E-state index in [0.29, 0.717) is 5.88 Å². The number of nitrogens with zero attached hydrogens (tertiary/aromatic N) is 3. The number of anilines is 1. The molecule has 0 radical (unpaired) electrons. The standard InChI is InChI=1S/C33H28N4O2/c1-39-31-21-24(19-20-34-31)32-29-22-28(35-23-38)17-18-30(29)37(36-32)33(25-11-5-2-6-12-25,26-13-7-3-8-14-26)27-15-9-4-10-16-27/h2-22,35,38H,23H2,1H3. The van der Waals surface area contributed by atoms with Gasteiger partial charge in [-0.05, 0) is 41.0 Å². The van der Waals surface area contributed by atoms with Crippen molar-refractivity contribution in [2.24, 2.45) is 0 Å². The first-order valence-electron chi connectivity index (χ1n) is 12.8. The summed E-state index contributed by atoms with van der Waals surface area (Å²) in [7, 11) is 1.61. The Bertz CT molecular complexity index is 1600. The highest BCUT2D eigenvalue weighted by Gasteiger charge is 2.41. The number of rotatable bonds is 8. The Labute approximate surface area is 227 Å². The molecule has 0 aliphatic carbocycles. The molecule has 0 spiro atoms. The second kappa shape index (κ2) is 10.4. The molecular formula is C33H28N4O2. The third-order valence-electron chi connectivity index (χ3n) is 7.07. The van der Waals surface area contributed by atoms with E-state index >= 15 is 0 Å². The number of aromatic nitrogens is 3. The SMILES string of the molecule is COc1cc(-c2nn(C(c3ccccc3)(c3ccccc3)c3ccccc3)c3ccc(NCO)cc23)ccn1. The summed E-state index contributed by atoms with van der Waals surface area (Å²) in [4.78, 5) is 4.31. The van der Waals surface area contributed by atoms with Gasteiger partial charge < -0.3 is 15.2 Å². The first kappa shape index (κ1) is 24.4. The van der Waals surface area contributed by atoms with Crippen molar-refractivity contribution in [1.29, 1.82) is 0 Å². The number of hydrogen-bond acceptors (Lipinski definition) is 5. The number of fused-ring (bicyclic) bond motifs is 1. The highest BCUT2D eigenvalue weighted by molar-refractivity contribution is 5.96. The largest absolute Gasteiger partial charge is 0.481 e. The molecule has 6 aromatic rings. The molecule has 4 aromatic carbocycles. The molecule has 6 rings (SSSR count). The molecule has 2 aromatic heterocycles. The van der Waals surface area contributed by atoms with Crippen LogP contribution in [0.2, 0.25) is 0 Å². The Morgan fingerprint density at radius 3 is 1.90 bits per heavy atom. The smallest absolute Gasteiger partial charge is 0.213 e. The number of aliphatic hydroxyl groups excluding tert-OH is 1. The minimum Gasteiger partial charge on any atom is -0.481 e. The van der Waals surface area contributed by atoms with Gasteiger partial charge in [0.1, 0.15) is 18.0 Å². The zero-order valence-corrected chi connectivity index (χ0v) is 21.5. The molecule has 0 unspecified atom stereocenters. The van der Waals surface area contributed by atoms with Crippen LogP contribution >= 0.6 is 0 Å². The zero-order valence-electron chi connectivity index (χ0n) is 21.5. The molecule has 6 heteroatoms. The molecule has 0 atom stereocenters. The first-order valence-corrected chi connectivity index (χ1v) is 12.8. The fraction of sp³-hybridized carbons (Fsp3) is 0.0909. The fourth-order valence-electron chi connectivity index (χ4n) is 5.36. The van der Waals surface area contributed by atoms with Crippen LogP contribution in [0.4, 0.5) is 5.69 Å². The Morgan fingerprint density at radius 2 is 1.36 bits per heavy atom. The van der Waals surface area contributed by atoms with Crippen molar-refractivity contribution in [2.45, 2.75) is 5.54 Å². The molecule has 0 aliphatic rings. The van der Waals surface area contributed by atoms with Crippen LogP contribution in [0.15, 0.2) is 128 Å². The lowest BCUT2D eigenvalue weighted by atomic mass is 9.77. The predicted octanol–water partition coefficient (Wildman–Crippen LogP) is 6.31. The van der Waals surface area contributed by atoms with E-state index in [9.17, 15) is 5.11 Å². The average molecular weight is 513 g/mol. The van der Waals surface area contributed by atoms with E-state index in [2.05, 4.69) is 93.8 Å². The monoisotopic (exact) mass is 512 g/mol. The summed E-state index contributed by atoms with van der Waals surface area (Å²) < 4.78 is 7.57. The summed E-state index contributed by atoms with van der Waals surface area (Å²) in [5.74, 6) is 0.514. The Morgan fingerprint density at radius 1 is 0.769 bits per heavy atom. The fourth-order valence-corrected chi connectivity index (χ4v) is 5.36. The maximum atomic E-state index is 9.57. The zero-order chi connectivity index (χ0) is 26.7. The van der Waals surface area contributed by atoms with Crippen molar-refractivity contribution < 1.29 is 9.84 Å². The number of ether oxygens (including phenoxy) is 1. The van der Waals surface area contributed by atoms with Gasteiger partial charge in [-0.1, -0.05) is 91.0 Å². The van der Waals surface area contributed by atoms with Crippen molar-refractivity contribution >= 4 is 16.6 Å². The van der Waals surface area contributed by atoms with Crippen molar-refractivity contribution in [3.8, 4) is 17.1 Å². The Balaban J connectivity index is 1.77. The van der Waals surface area contributed by atoms with E-state index in [-0.39, 0.29) is 6.73 Å². The van der Waals surface area contributed by atoms with Gasteiger partial charge in [-0.2, -0.15) is 5.10 Å². The number of benzene rings is 4. The van der Waals surface area contributed by atoms with Crippen LogP contribution in [0.25, 0.3) is 22.2 Å². The van der Waals surface area contributed by atoms with E-state index in [4.69, 9.17) is 9.84 Å². The molecular weight excluding hydrogens is 484 g/mol. The highest BCUT2D eigenvalue weighted by Crippen LogP contribution is 2.44. The van der Waals surface area contributed by atoms with Gasteiger partial charge >= 0.3 is 0 Å². The molecule has 0 aliphatic heterocycles. The lowest BCUT2D eigenvalue weighted by Gasteiger charge is -2.37. The van der Waals surface area contributed by atoms with Crippen LogP contribution in [-0.2, 0) is 5.54 Å². The maximum absolute atomic E-state index is 9.57. The molecule has 0 fully saturated rings. The first-order chi connectivity index (χ1) is 19.3. The summed E-state index contributed by atoms with van der Waals surface area (Å²) >= 11 is 0. The van der Waals surface area contributed by atoms with E-state index in [1.54, 1.807) is 13.3 Å². The predicted molar refractivity (Wildman–Crippen MR) is 155 cm³/mol. The molecule has 2 N–H and O–H groups in total. The van der Waals surface area contributed by atoms with Crippen molar-refractivity contribution in [3.63, 3.8) is 0 Å². The molecule has 0 bridgehead atoms. The molecule has 39 heavy (non-hydrogen) atoms. The third kappa shape index (κ3) is 4.21. The summed E-state index contributed by atoms with van der Waals surface area (Å²) in [6, 6.07) is 41.4. The Kier molecular flexibility index (Phi) is 6.53. The van der Waals surface area contributed by atoms with Gasteiger partial charge in [-0.3, -0.25) is 0 Å². The van der Waals surface area contributed by atoms with Crippen LogP contribution in [0.3, 0.4) is 0 Å². The number of pyridine rings is 1. The normalized spacial score (nSPS) is 11.4. The van der Waals surface area contributed by atoms with Gasteiger partial charge in [0.15, 0.2) is 0 Å². The van der Waals surface area contributed by atoms with Gasteiger partial charge in [0, 0.05) is 28.9 Å². The topological polar surface area (TPSA) is 72.2 Å². The number of nitrogens with one attached hydrogen (secondary N) is 1. The van der Waals surface area contributed by atoms with Gasteiger partial charge in [-0.15, -0.1) is 0 Å². The molecule has 192 valence electrons. The molecule has 0 saturated carbocycles. The summed E-state index contributed by atoms with van der Waals surface area (Å²) in [5.41, 5.74) is 5.91. The Hall–Kier alpha value is -4.94. The van der Waals surface area contributed by atoms with E-state index < -0.39 is 5.54 Å². The quantitative estimate of drug-likeness (QED) is 0.185. The summed E-state index contributed by atoms with van der Waals surface area (Å²) in [5, 5.41) is 18.9. The second-order valence-corrected chi connectivity index (χ2v) is 9.22. The van der Waals surface area contributed by atoms with Crippen molar-refractivity contribution in [2.75, 3.05) is 19.2 Å². The number of aliphatic hydroxyl groups is 1. The number of hydrogen-bond donors (Lipinski definition) is 2. The van der Waals surface area contributed by atoms with Gasteiger partial charge in [0.05, 0.1) is 12.6 Å². The summed E-state index contributed by atoms with van der Waals surface area (Å²) in [6.45, 7) is -0.167. The lowest BCUT2D eigenvalue weighted by molar-refractivity contribution is 0.326. The van der Waals surface area contributed by atoms with Crippen LogP contribution in [0.1, 0.15) is 16.7 Å². The molecule has 6 nitrogen and oxygen atoms in total. The van der Waals surface area contributed by atoms with Crippen molar-refractivity contribution in [1.82, 2.24) is 14.8 Å². The lowest BCUT2D eigenvalue weighted by Crippen LogP contribution is -2.38. The van der Waals surface area contributed by atoms with Crippen LogP contribution in [-0.4, -0.2) is 33.7 Å². The van der Waals surface area contributed by atoms with E-state index in [1.165, 1.54) is 0 Å².